The number of aryl methyl sites for hydroxylation is 3. The van der Waals surface area contributed by atoms with E-state index in [1.54, 1.807) is 22.4 Å². The van der Waals surface area contributed by atoms with Crippen molar-refractivity contribution < 1.29 is 9.53 Å². The van der Waals surface area contributed by atoms with Crippen LogP contribution in [0, 0.1) is 20.8 Å². The molecule has 0 radical (unpaired) electrons. The van der Waals surface area contributed by atoms with E-state index in [1.807, 2.05) is 39.0 Å². The molecular formula is C21H21N5O3S. The molecule has 0 aliphatic rings. The Hall–Kier alpha value is -3.46. The number of hydrogen-bond donors (Lipinski definition) is 1. The molecule has 8 nitrogen and oxygen atoms in total. The van der Waals surface area contributed by atoms with Crippen LogP contribution in [0.3, 0.4) is 0 Å². The standard InChI is InChI=1S/C21H21N5O3S/c1-12-7-19(23-20(28)11-25-13(2)8-15(27)9-14(25)3)26(24-12)21-22-17-6-5-16(29-4)10-18(17)30-21/h5-10H,11H2,1-4H3,(H,23,28). The van der Waals surface area contributed by atoms with E-state index in [-0.39, 0.29) is 17.9 Å². The Morgan fingerprint density at radius 1 is 1.13 bits per heavy atom. The van der Waals surface area contributed by atoms with Crippen LogP contribution in [0.1, 0.15) is 17.1 Å². The number of benzene rings is 1. The monoisotopic (exact) mass is 423 g/mol. The maximum absolute atomic E-state index is 12.7. The third-order valence-corrected chi connectivity index (χ3v) is 5.71. The smallest absolute Gasteiger partial charge is 0.245 e. The lowest BCUT2D eigenvalue weighted by atomic mass is 10.3. The highest BCUT2D eigenvalue weighted by Crippen LogP contribution is 2.30. The molecule has 0 aliphatic heterocycles. The number of thiazole rings is 1. The zero-order valence-corrected chi connectivity index (χ0v) is 17.9. The minimum absolute atomic E-state index is 0.0668. The van der Waals surface area contributed by atoms with Crippen molar-refractivity contribution in [3.05, 3.63) is 63.7 Å². The molecule has 0 fully saturated rings. The molecule has 0 saturated heterocycles. The van der Waals surface area contributed by atoms with Crippen LogP contribution in [0.25, 0.3) is 15.3 Å². The summed E-state index contributed by atoms with van der Waals surface area (Å²) < 4.78 is 9.68. The third-order valence-electron chi connectivity index (χ3n) is 4.72. The van der Waals surface area contributed by atoms with Gasteiger partial charge in [0.05, 0.1) is 23.0 Å². The lowest BCUT2D eigenvalue weighted by Gasteiger charge is -2.14. The van der Waals surface area contributed by atoms with Gasteiger partial charge in [0, 0.05) is 29.6 Å². The molecule has 1 N–H and O–H groups in total. The number of fused-ring (bicyclic) bond motifs is 1. The van der Waals surface area contributed by atoms with E-state index >= 15 is 0 Å². The lowest BCUT2D eigenvalue weighted by molar-refractivity contribution is -0.116. The normalized spacial score (nSPS) is 11.1. The van der Waals surface area contributed by atoms with Crippen LogP contribution in [-0.4, -0.2) is 32.3 Å². The van der Waals surface area contributed by atoms with Crippen molar-refractivity contribution in [2.45, 2.75) is 27.3 Å². The number of amides is 1. The highest BCUT2D eigenvalue weighted by atomic mass is 32.1. The molecule has 0 unspecified atom stereocenters. The van der Waals surface area contributed by atoms with Gasteiger partial charge in [-0.2, -0.15) is 9.78 Å². The molecule has 9 heteroatoms. The molecule has 30 heavy (non-hydrogen) atoms. The van der Waals surface area contributed by atoms with Crippen LogP contribution in [0.2, 0.25) is 0 Å². The molecule has 0 saturated carbocycles. The Morgan fingerprint density at radius 3 is 2.57 bits per heavy atom. The summed E-state index contributed by atoms with van der Waals surface area (Å²) >= 11 is 1.46. The first-order valence-corrected chi connectivity index (χ1v) is 10.2. The molecule has 0 aliphatic carbocycles. The van der Waals surface area contributed by atoms with Gasteiger partial charge in [0.25, 0.3) is 0 Å². The topological polar surface area (TPSA) is 91.0 Å². The zero-order chi connectivity index (χ0) is 21.4. The maximum Gasteiger partial charge on any atom is 0.245 e. The number of pyridine rings is 1. The molecule has 0 bridgehead atoms. The Kier molecular flexibility index (Phi) is 5.13. The summed E-state index contributed by atoms with van der Waals surface area (Å²) in [5, 5.41) is 8.07. The molecule has 4 rings (SSSR count). The SMILES string of the molecule is COc1ccc2nc(-n3nc(C)cc3NC(=O)Cn3c(C)cc(=O)cc3C)sc2c1. The number of carbonyl (C=O) groups excluding carboxylic acids is 1. The predicted molar refractivity (Wildman–Crippen MR) is 117 cm³/mol. The molecule has 3 heterocycles. The Labute approximate surface area is 176 Å². The van der Waals surface area contributed by atoms with Crippen molar-refractivity contribution in [2.75, 3.05) is 12.4 Å². The summed E-state index contributed by atoms with van der Waals surface area (Å²) in [6.45, 7) is 5.58. The van der Waals surface area contributed by atoms with Crippen molar-refractivity contribution in [1.82, 2.24) is 19.3 Å². The first-order valence-electron chi connectivity index (χ1n) is 9.33. The van der Waals surface area contributed by atoms with E-state index in [0.717, 1.165) is 33.0 Å². The highest BCUT2D eigenvalue weighted by Gasteiger charge is 2.16. The molecule has 154 valence electrons. The van der Waals surface area contributed by atoms with Crippen molar-refractivity contribution in [3.8, 4) is 10.9 Å². The summed E-state index contributed by atoms with van der Waals surface area (Å²) in [5.74, 6) is 1.09. The maximum atomic E-state index is 12.7. The van der Waals surface area contributed by atoms with Crippen LogP contribution in [0.5, 0.6) is 5.75 Å². The van der Waals surface area contributed by atoms with Gasteiger partial charge >= 0.3 is 0 Å². The van der Waals surface area contributed by atoms with Gasteiger partial charge in [-0.3, -0.25) is 9.59 Å². The van der Waals surface area contributed by atoms with Crippen LogP contribution in [0.15, 0.2) is 41.2 Å². The Bertz CT molecular complexity index is 1290. The van der Waals surface area contributed by atoms with Gasteiger partial charge in [0.15, 0.2) is 5.43 Å². The van der Waals surface area contributed by atoms with E-state index in [2.05, 4.69) is 15.4 Å². The van der Waals surface area contributed by atoms with E-state index in [0.29, 0.717) is 10.9 Å². The number of carbonyl (C=O) groups is 1. The summed E-state index contributed by atoms with van der Waals surface area (Å²) in [7, 11) is 1.62. The number of aromatic nitrogens is 4. The fraction of sp³-hybridized carbons (Fsp3) is 0.238. The summed E-state index contributed by atoms with van der Waals surface area (Å²) in [6.07, 6.45) is 0. The molecule has 0 atom stereocenters. The first-order chi connectivity index (χ1) is 14.3. The number of nitrogens with one attached hydrogen (secondary N) is 1. The first kappa shape index (κ1) is 19.8. The average Bonchev–Trinajstić information content (AvgIpc) is 3.26. The number of nitrogens with zero attached hydrogens (tertiary/aromatic N) is 4. The van der Waals surface area contributed by atoms with Gasteiger partial charge in [0.2, 0.25) is 11.0 Å². The van der Waals surface area contributed by atoms with E-state index in [1.165, 1.54) is 23.5 Å². The van der Waals surface area contributed by atoms with Crippen molar-refractivity contribution in [3.63, 3.8) is 0 Å². The molecule has 1 amide bonds. The number of ether oxygens (including phenoxy) is 1. The molecule has 3 aromatic heterocycles. The Morgan fingerprint density at radius 2 is 1.87 bits per heavy atom. The number of rotatable bonds is 5. The average molecular weight is 423 g/mol. The van der Waals surface area contributed by atoms with Crippen molar-refractivity contribution in [1.29, 1.82) is 0 Å². The Balaban J connectivity index is 1.62. The van der Waals surface area contributed by atoms with Gasteiger partial charge in [-0.1, -0.05) is 11.3 Å². The summed E-state index contributed by atoms with van der Waals surface area (Å²) in [4.78, 5) is 29.0. The van der Waals surface area contributed by atoms with Gasteiger partial charge in [-0.15, -0.1) is 0 Å². The van der Waals surface area contributed by atoms with Crippen LogP contribution in [-0.2, 0) is 11.3 Å². The fourth-order valence-corrected chi connectivity index (χ4v) is 4.27. The lowest BCUT2D eigenvalue weighted by Crippen LogP contribution is -2.24. The van der Waals surface area contributed by atoms with E-state index in [9.17, 15) is 9.59 Å². The molecule has 0 spiro atoms. The van der Waals surface area contributed by atoms with Gasteiger partial charge < -0.3 is 14.6 Å². The quantitative estimate of drug-likeness (QED) is 0.532. The second-order valence-electron chi connectivity index (χ2n) is 7.02. The van der Waals surface area contributed by atoms with Crippen LogP contribution >= 0.6 is 11.3 Å². The predicted octanol–water partition coefficient (Wildman–Crippen LogP) is 3.22. The zero-order valence-electron chi connectivity index (χ0n) is 17.1. The number of anilines is 1. The van der Waals surface area contributed by atoms with Crippen LogP contribution < -0.4 is 15.5 Å². The largest absolute Gasteiger partial charge is 0.497 e. The second kappa shape index (κ2) is 7.75. The van der Waals surface area contributed by atoms with Crippen molar-refractivity contribution >= 4 is 33.3 Å². The highest BCUT2D eigenvalue weighted by molar-refractivity contribution is 7.20. The third kappa shape index (κ3) is 3.84. The van der Waals surface area contributed by atoms with Gasteiger partial charge in [0.1, 0.15) is 18.1 Å². The van der Waals surface area contributed by atoms with Crippen LogP contribution in [0.4, 0.5) is 5.82 Å². The summed E-state index contributed by atoms with van der Waals surface area (Å²) in [6, 6.07) is 10.5. The van der Waals surface area contributed by atoms with E-state index in [4.69, 9.17) is 4.74 Å². The minimum Gasteiger partial charge on any atom is -0.497 e. The van der Waals surface area contributed by atoms with Gasteiger partial charge in [-0.25, -0.2) is 4.98 Å². The number of hydrogen-bond acceptors (Lipinski definition) is 6. The second-order valence-corrected chi connectivity index (χ2v) is 8.03. The molecule has 1 aromatic carbocycles. The van der Waals surface area contributed by atoms with E-state index < -0.39 is 0 Å². The number of methoxy groups -OCH3 is 1. The summed E-state index contributed by atoms with van der Waals surface area (Å²) in [5.41, 5.74) is 3.00. The van der Waals surface area contributed by atoms with Crippen molar-refractivity contribution in [2.24, 2.45) is 0 Å². The molecule has 4 aromatic rings. The molecular weight excluding hydrogens is 402 g/mol. The fourth-order valence-electron chi connectivity index (χ4n) is 3.31. The minimum atomic E-state index is -0.214. The van der Waals surface area contributed by atoms with Gasteiger partial charge in [-0.05, 0) is 39.0 Å².